The minimum atomic E-state index is -0.236. The highest BCUT2D eigenvalue weighted by atomic mass is 35.5. The van der Waals surface area contributed by atoms with Gasteiger partial charge in [-0.05, 0) is 61.0 Å². The summed E-state index contributed by atoms with van der Waals surface area (Å²) >= 11 is 11.1. The van der Waals surface area contributed by atoms with Crippen LogP contribution in [-0.4, -0.2) is 23.7 Å². The van der Waals surface area contributed by atoms with Crippen LogP contribution in [0.4, 0.5) is 5.69 Å². The van der Waals surface area contributed by atoms with E-state index in [1.807, 2.05) is 12.1 Å². The van der Waals surface area contributed by atoms with E-state index >= 15 is 0 Å². The molecule has 1 aliphatic carbocycles. The number of benzene rings is 1. The van der Waals surface area contributed by atoms with Crippen molar-refractivity contribution in [1.29, 1.82) is 0 Å². The summed E-state index contributed by atoms with van der Waals surface area (Å²) in [6.45, 7) is 6.72. The first-order valence-electron chi connectivity index (χ1n) is 8.83. The number of carbonyl (C=O) groups is 1. The van der Waals surface area contributed by atoms with E-state index in [1.165, 1.54) is 12.8 Å². The van der Waals surface area contributed by atoms with Crippen molar-refractivity contribution in [3.05, 3.63) is 29.3 Å². The van der Waals surface area contributed by atoms with Gasteiger partial charge in [-0.25, -0.2) is 0 Å². The van der Waals surface area contributed by atoms with E-state index in [0.29, 0.717) is 22.8 Å². The average Bonchev–Trinajstić information content (AvgIpc) is 2.52. The Morgan fingerprint density at radius 2 is 2.16 bits per heavy atom. The molecular formula is C19H27ClN2O2S. The highest BCUT2D eigenvalue weighted by Crippen LogP contribution is 2.35. The first kappa shape index (κ1) is 20.1. The van der Waals surface area contributed by atoms with Crippen molar-refractivity contribution in [2.45, 2.75) is 46.1 Å². The lowest BCUT2D eigenvalue weighted by atomic mass is 9.75. The van der Waals surface area contributed by atoms with E-state index in [2.05, 4.69) is 31.4 Å². The van der Waals surface area contributed by atoms with E-state index in [-0.39, 0.29) is 23.7 Å². The Kier molecular flexibility index (Phi) is 7.66. The molecule has 1 amide bonds. The highest BCUT2D eigenvalue weighted by molar-refractivity contribution is 7.80. The summed E-state index contributed by atoms with van der Waals surface area (Å²) in [5.41, 5.74) is 0.736. The number of hydrogen-bond donors (Lipinski definition) is 2. The normalized spacial score (nSPS) is 23.3. The van der Waals surface area contributed by atoms with Gasteiger partial charge in [0.2, 0.25) is 0 Å². The van der Waals surface area contributed by atoms with Crippen LogP contribution < -0.4 is 10.6 Å². The molecule has 1 aromatic carbocycles. The van der Waals surface area contributed by atoms with Crippen LogP contribution in [-0.2, 0) is 9.53 Å². The van der Waals surface area contributed by atoms with E-state index in [0.717, 1.165) is 12.1 Å². The number of ether oxygens (including phenoxy) is 1. The van der Waals surface area contributed by atoms with Crippen LogP contribution >= 0.6 is 23.8 Å². The molecule has 0 bridgehead atoms. The molecule has 4 nitrogen and oxygen atoms in total. The van der Waals surface area contributed by atoms with Crippen LogP contribution in [0.15, 0.2) is 24.3 Å². The van der Waals surface area contributed by atoms with Crippen molar-refractivity contribution < 1.29 is 9.53 Å². The Morgan fingerprint density at radius 1 is 1.40 bits per heavy atom. The maximum absolute atomic E-state index is 12.1. The molecule has 0 spiro atoms. The molecule has 25 heavy (non-hydrogen) atoms. The van der Waals surface area contributed by atoms with Gasteiger partial charge in [0.15, 0.2) is 5.11 Å². The molecule has 6 heteroatoms. The van der Waals surface area contributed by atoms with Gasteiger partial charge in [0.1, 0.15) is 6.61 Å². The minimum Gasteiger partial charge on any atom is -0.368 e. The lowest BCUT2D eigenvalue weighted by Crippen LogP contribution is -2.40. The molecule has 1 saturated carbocycles. The summed E-state index contributed by atoms with van der Waals surface area (Å²) < 4.78 is 5.94. The topological polar surface area (TPSA) is 50.4 Å². The zero-order chi connectivity index (χ0) is 18.4. The number of rotatable bonds is 5. The maximum atomic E-state index is 12.1. The molecule has 1 fully saturated rings. The standard InChI is InChI=1S/C19H27ClN2O2S/c1-12(2)16-8-7-13(3)9-17(16)24-11-18(23)22-19(25)21-15-6-4-5-14(20)10-15/h4-6,10,12-13,16-17H,7-9,11H2,1-3H3,(H2,21,22,23,25)/t13-,16+,17+/m1/s1. The lowest BCUT2D eigenvalue weighted by molar-refractivity contribution is -0.129. The summed E-state index contributed by atoms with van der Waals surface area (Å²) in [6.07, 6.45) is 3.56. The van der Waals surface area contributed by atoms with Crippen molar-refractivity contribution >= 4 is 40.5 Å². The SMILES string of the molecule is CC(C)[C@@H]1CC[C@@H](C)C[C@@H]1OCC(=O)NC(=S)Nc1cccc(Cl)c1. The monoisotopic (exact) mass is 382 g/mol. The molecule has 1 aromatic rings. The molecular weight excluding hydrogens is 356 g/mol. The average molecular weight is 383 g/mol. The van der Waals surface area contributed by atoms with E-state index in [1.54, 1.807) is 12.1 Å². The molecule has 2 rings (SSSR count). The molecule has 138 valence electrons. The summed E-state index contributed by atoms with van der Waals surface area (Å²) in [4.78, 5) is 12.1. The summed E-state index contributed by atoms with van der Waals surface area (Å²) in [5, 5.41) is 6.45. The number of amides is 1. The van der Waals surface area contributed by atoms with Crippen LogP contribution in [0.3, 0.4) is 0 Å². The van der Waals surface area contributed by atoms with Crippen molar-refractivity contribution in [2.75, 3.05) is 11.9 Å². The summed E-state index contributed by atoms with van der Waals surface area (Å²) in [6, 6.07) is 7.16. The summed E-state index contributed by atoms with van der Waals surface area (Å²) in [5.74, 6) is 1.49. The van der Waals surface area contributed by atoms with Crippen molar-refractivity contribution in [3.63, 3.8) is 0 Å². The summed E-state index contributed by atoms with van der Waals surface area (Å²) in [7, 11) is 0. The third-order valence-corrected chi connectivity index (χ3v) is 5.16. The zero-order valence-electron chi connectivity index (χ0n) is 15.0. The molecule has 0 aliphatic heterocycles. The van der Waals surface area contributed by atoms with Crippen LogP contribution in [0.1, 0.15) is 40.0 Å². The lowest BCUT2D eigenvalue weighted by Gasteiger charge is -2.37. The molecule has 0 radical (unpaired) electrons. The third-order valence-electron chi connectivity index (χ3n) is 4.73. The second kappa shape index (κ2) is 9.51. The van der Waals surface area contributed by atoms with E-state index < -0.39 is 0 Å². The fourth-order valence-electron chi connectivity index (χ4n) is 3.38. The Labute approximate surface area is 160 Å². The van der Waals surface area contributed by atoms with Crippen LogP contribution in [0.5, 0.6) is 0 Å². The Morgan fingerprint density at radius 3 is 2.84 bits per heavy atom. The molecule has 0 aromatic heterocycles. The number of nitrogens with one attached hydrogen (secondary N) is 2. The molecule has 0 heterocycles. The van der Waals surface area contributed by atoms with Crippen LogP contribution in [0, 0.1) is 17.8 Å². The fraction of sp³-hybridized carbons (Fsp3) is 0.579. The van der Waals surface area contributed by atoms with Gasteiger partial charge in [0.25, 0.3) is 5.91 Å². The second-order valence-corrected chi connectivity index (χ2v) is 8.03. The minimum absolute atomic E-state index is 0.0258. The first-order valence-corrected chi connectivity index (χ1v) is 9.61. The fourth-order valence-corrected chi connectivity index (χ4v) is 3.80. The third kappa shape index (κ3) is 6.57. The Hall–Kier alpha value is -1.17. The molecule has 2 N–H and O–H groups in total. The molecule has 3 atom stereocenters. The van der Waals surface area contributed by atoms with Gasteiger partial charge in [-0.2, -0.15) is 0 Å². The van der Waals surface area contributed by atoms with Gasteiger partial charge in [0.05, 0.1) is 6.10 Å². The second-order valence-electron chi connectivity index (χ2n) is 7.19. The number of carbonyl (C=O) groups excluding carboxylic acids is 1. The van der Waals surface area contributed by atoms with Gasteiger partial charge >= 0.3 is 0 Å². The van der Waals surface area contributed by atoms with Gasteiger partial charge in [-0.3, -0.25) is 4.79 Å². The maximum Gasteiger partial charge on any atom is 0.252 e. The van der Waals surface area contributed by atoms with Gasteiger partial charge in [-0.1, -0.05) is 44.9 Å². The first-order chi connectivity index (χ1) is 11.8. The van der Waals surface area contributed by atoms with Crippen LogP contribution in [0.2, 0.25) is 5.02 Å². The predicted octanol–water partition coefficient (Wildman–Crippen LogP) is 4.63. The Bertz CT molecular complexity index is 609. The van der Waals surface area contributed by atoms with Gasteiger partial charge in [0, 0.05) is 10.7 Å². The van der Waals surface area contributed by atoms with E-state index in [4.69, 9.17) is 28.6 Å². The van der Waals surface area contributed by atoms with Gasteiger partial charge < -0.3 is 15.4 Å². The molecule has 1 aliphatic rings. The number of hydrogen-bond acceptors (Lipinski definition) is 3. The van der Waals surface area contributed by atoms with Crippen molar-refractivity contribution in [2.24, 2.45) is 17.8 Å². The number of halogens is 1. The largest absolute Gasteiger partial charge is 0.368 e. The smallest absolute Gasteiger partial charge is 0.252 e. The Balaban J connectivity index is 1.80. The zero-order valence-corrected chi connectivity index (χ0v) is 16.6. The molecule has 0 saturated heterocycles. The van der Waals surface area contributed by atoms with E-state index in [9.17, 15) is 4.79 Å². The van der Waals surface area contributed by atoms with Crippen molar-refractivity contribution in [1.82, 2.24) is 5.32 Å². The highest BCUT2D eigenvalue weighted by Gasteiger charge is 2.31. The number of thiocarbonyl (C=S) groups is 1. The van der Waals surface area contributed by atoms with Gasteiger partial charge in [-0.15, -0.1) is 0 Å². The van der Waals surface area contributed by atoms with Crippen molar-refractivity contribution in [3.8, 4) is 0 Å². The van der Waals surface area contributed by atoms with Crippen LogP contribution in [0.25, 0.3) is 0 Å². The molecule has 0 unspecified atom stereocenters. The number of anilines is 1. The predicted molar refractivity (Wildman–Crippen MR) is 107 cm³/mol. The quantitative estimate of drug-likeness (QED) is 0.729.